The first kappa shape index (κ1) is 23.9. The highest BCUT2D eigenvalue weighted by molar-refractivity contribution is 6.34. The topological polar surface area (TPSA) is 119 Å². The number of nitrogens with zero attached hydrogens (tertiary/aromatic N) is 3. The molecule has 2 unspecified atom stereocenters. The Morgan fingerprint density at radius 2 is 1.78 bits per heavy atom. The van der Waals surface area contributed by atoms with Gasteiger partial charge in [-0.2, -0.15) is 4.68 Å². The Hall–Kier alpha value is -3.50. The van der Waals surface area contributed by atoms with Crippen LogP contribution < -0.4 is 20.5 Å². The van der Waals surface area contributed by atoms with E-state index in [4.69, 9.17) is 25.5 Å². The molecule has 3 aliphatic rings. The van der Waals surface area contributed by atoms with Crippen molar-refractivity contribution in [2.24, 2.45) is 0 Å². The number of rotatable bonds is 6. The number of hydrogen-bond donors (Lipinski definition) is 2. The number of ether oxygens (including phenoxy) is 2. The minimum absolute atomic E-state index is 0.0631. The van der Waals surface area contributed by atoms with Gasteiger partial charge in [-0.25, -0.2) is 9.59 Å². The Morgan fingerprint density at radius 1 is 1.08 bits per heavy atom. The lowest BCUT2D eigenvalue weighted by molar-refractivity contribution is 0.101. The number of carboxylic acid groups (broad SMARTS) is 1. The lowest BCUT2D eigenvalue weighted by Gasteiger charge is -2.38. The summed E-state index contributed by atoms with van der Waals surface area (Å²) in [5.41, 5.74) is 1.75. The Bertz CT molecular complexity index is 1360. The van der Waals surface area contributed by atoms with Crippen molar-refractivity contribution in [3.8, 4) is 23.0 Å². The third kappa shape index (κ3) is 4.55. The molecule has 4 heterocycles. The average molecular weight is 527 g/mol. The van der Waals surface area contributed by atoms with E-state index in [9.17, 15) is 14.7 Å². The molecule has 0 aliphatic carbocycles. The van der Waals surface area contributed by atoms with Gasteiger partial charge in [-0.15, -0.1) is 5.10 Å². The molecule has 11 heteroatoms. The van der Waals surface area contributed by atoms with Crippen molar-refractivity contribution in [1.29, 1.82) is 0 Å². The number of nitrogens with one attached hydrogen (secondary N) is 1. The predicted octanol–water partition coefficient (Wildman–Crippen LogP) is 4.43. The van der Waals surface area contributed by atoms with E-state index in [0.717, 1.165) is 38.6 Å². The van der Waals surface area contributed by atoms with Crippen LogP contribution in [0.1, 0.15) is 37.3 Å². The van der Waals surface area contributed by atoms with Crippen molar-refractivity contribution in [1.82, 2.24) is 14.7 Å². The van der Waals surface area contributed by atoms with Crippen LogP contribution in [0.15, 0.2) is 45.6 Å². The molecule has 0 spiro atoms. The molecule has 0 saturated carbocycles. The van der Waals surface area contributed by atoms with E-state index in [0.29, 0.717) is 17.6 Å². The quantitative estimate of drug-likeness (QED) is 0.484. The van der Waals surface area contributed by atoms with Gasteiger partial charge in [0, 0.05) is 18.6 Å². The van der Waals surface area contributed by atoms with Crippen molar-refractivity contribution >= 4 is 23.4 Å². The Kier molecular flexibility index (Phi) is 6.29. The zero-order valence-corrected chi connectivity index (χ0v) is 20.8. The van der Waals surface area contributed by atoms with Crippen molar-refractivity contribution in [3.63, 3.8) is 0 Å². The van der Waals surface area contributed by atoms with Gasteiger partial charge >= 0.3 is 11.8 Å². The van der Waals surface area contributed by atoms with Gasteiger partial charge in [0.25, 0.3) is 5.89 Å². The van der Waals surface area contributed by atoms with Gasteiger partial charge in [0.15, 0.2) is 11.5 Å². The largest absolute Gasteiger partial charge is 0.485 e. The summed E-state index contributed by atoms with van der Waals surface area (Å²) in [6.07, 6.45) is 3.61. The summed E-state index contributed by atoms with van der Waals surface area (Å²) in [7, 11) is 0. The minimum atomic E-state index is -1.29. The van der Waals surface area contributed by atoms with E-state index in [2.05, 4.69) is 39.6 Å². The fraction of sp³-hybridized carbons (Fsp3) is 0.423. The van der Waals surface area contributed by atoms with Gasteiger partial charge in [-0.3, -0.25) is 10.2 Å². The highest BCUT2D eigenvalue weighted by atomic mass is 35.5. The number of hydrogen-bond acceptors (Lipinski definition) is 7. The number of halogens is 1. The Morgan fingerprint density at radius 3 is 2.49 bits per heavy atom. The maximum absolute atomic E-state index is 12.9. The van der Waals surface area contributed by atoms with Gasteiger partial charge in [-0.05, 0) is 43.7 Å². The summed E-state index contributed by atoms with van der Waals surface area (Å²) in [4.78, 5) is 26.8. The second kappa shape index (κ2) is 9.75. The van der Waals surface area contributed by atoms with Crippen LogP contribution in [0, 0.1) is 0 Å². The second-order valence-corrected chi connectivity index (χ2v) is 10.1. The molecule has 2 saturated heterocycles. The van der Waals surface area contributed by atoms with Gasteiger partial charge in [0.2, 0.25) is 0 Å². The molecule has 3 aliphatic heterocycles. The predicted molar refractivity (Wildman–Crippen MR) is 136 cm³/mol. The summed E-state index contributed by atoms with van der Waals surface area (Å²) in [5, 5.41) is 16.1. The van der Waals surface area contributed by atoms with Crippen molar-refractivity contribution < 1.29 is 23.8 Å². The van der Waals surface area contributed by atoms with Crippen LogP contribution in [0.3, 0.4) is 0 Å². The Labute approximate surface area is 217 Å². The third-order valence-electron chi connectivity index (χ3n) is 7.50. The maximum atomic E-state index is 12.9. The smallest absolute Gasteiger partial charge is 0.437 e. The number of benzene rings is 2. The fourth-order valence-electron chi connectivity index (χ4n) is 5.90. The number of fused-ring (bicyclic) bond motifs is 3. The van der Waals surface area contributed by atoms with E-state index < -0.39 is 11.8 Å². The lowest BCUT2D eigenvalue weighted by Crippen LogP contribution is -2.45. The summed E-state index contributed by atoms with van der Waals surface area (Å²) < 4.78 is 18.4. The van der Waals surface area contributed by atoms with Crippen LogP contribution in [0.25, 0.3) is 11.5 Å². The molecule has 2 fully saturated rings. The molecule has 2 atom stereocenters. The molecule has 0 radical (unpaired) electrons. The Balaban J connectivity index is 1.24. The van der Waals surface area contributed by atoms with Crippen molar-refractivity contribution in [2.75, 3.05) is 25.1 Å². The van der Waals surface area contributed by atoms with Crippen LogP contribution >= 0.6 is 11.6 Å². The summed E-state index contributed by atoms with van der Waals surface area (Å²) in [6, 6.07) is 12.7. The molecule has 194 valence electrons. The fourth-order valence-corrected chi connectivity index (χ4v) is 6.14. The monoisotopic (exact) mass is 526 g/mol. The molecule has 1 aromatic heterocycles. The molecule has 2 bridgehead atoms. The number of carbonyl (C=O) groups is 1. The summed E-state index contributed by atoms with van der Waals surface area (Å²) in [6.45, 7) is 1.48. The molecule has 37 heavy (non-hydrogen) atoms. The first-order valence-corrected chi connectivity index (χ1v) is 12.9. The van der Waals surface area contributed by atoms with Crippen LogP contribution in [0.5, 0.6) is 11.5 Å². The van der Waals surface area contributed by atoms with Crippen LogP contribution in [-0.2, 0) is 6.42 Å². The molecular formula is C26H27ClN4O6. The van der Waals surface area contributed by atoms with Crippen molar-refractivity contribution in [2.45, 2.75) is 50.2 Å². The third-order valence-corrected chi connectivity index (χ3v) is 7.80. The zero-order chi connectivity index (χ0) is 25.5. The van der Waals surface area contributed by atoms with Gasteiger partial charge in [0.05, 0.1) is 16.6 Å². The van der Waals surface area contributed by atoms with Crippen LogP contribution in [0.2, 0.25) is 5.02 Å². The molecule has 2 aromatic carbocycles. The second-order valence-electron chi connectivity index (χ2n) is 9.67. The molecule has 10 nitrogen and oxygen atoms in total. The highest BCUT2D eigenvalue weighted by Gasteiger charge is 2.42. The molecule has 1 amide bonds. The summed E-state index contributed by atoms with van der Waals surface area (Å²) in [5.74, 6) is -0.0810. The average Bonchev–Trinajstić information content (AvgIpc) is 3.39. The first-order valence-electron chi connectivity index (χ1n) is 12.5. The van der Waals surface area contributed by atoms with Gasteiger partial charge < -0.3 is 19.0 Å². The zero-order valence-electron chi connectivity index (χ0n) is 20.1. The molecule has 3 aromatic rings. The van der Waals surface area contributed by atoms with Crippen molar-refractivity contribution in [3.05, 3.63) is 57.5 Å². The minimum Gasteiger partial charge on any atom is -0.485 e. The van der Waals surface area contributed by atoms with E-state index in [-0.39, 0.29) is 47.4 Å². The SMILES string of the molecule is O=C(O)Nc1c(Cl)cc(-c2nn(C3CC4CCC(C3)N4CCc3ccccc3)c(=O)o2)c2c1OCCO2. The lowest BCUT2D eigenvalue weighted by atomic mass is 9.97. The number of anilines is 1. The van der Waals surface area contributed by atoms with E-state index in [1.165, 1.54) is 16.3 Å². The highest BCUT2D eigenvalue weighted by Crippen LogP contribution is 2.48. The molecule has 2 N–H and O–H groups in total. The standard InChI is InChI=1S/C26H27ClN4O6/c27-20-14-19(22-23(36-11-10-35-22)21(20)28-25(32)33)24-29-31(26(34)37-24)18-12-16-6-7-17(13-18)30(16)9-8-15-4-2-1-3-5-15/h1-5,14,16-18,28H,6-13H2,(H,32,33). The number of amides is 1. The normalized spacial score (nSPS) is 22.7. The van der Waals surface area contributed by atoms with E-state index in [1.807, 2.05) is 6.07 Å². The van der Waals surface area contributed by atoms with Crippen LogP contribution in [0.4, 0.5) is 10.5 Å². The first-order chi connectivity index (χ1) is 18.0. The molecular weight excluding hydrogens is 500 g/mol. The van der Waals surface area contributed by atoms with E-state index in [1.54, 1.807) is 0 Å². The van der Waals surface area contributed by atoms with E-state index >= 15 is 0 Å². The van der Waals surface area contributed by atoms with Gasteiger partial charge in [-0.1, -0.05) is 41.9 Å². The molecule has 6 rings (SSSR count). The van der Waals surface area contributed by atoms with Gasteiger partial charge in [0.1, 0.15) is 18.9 Å². The maximum Gasteiger partial charge on any atom is 0.437 e. The number of piperidine rings is 1. The number of aromatic nitrogens is 2. The van der Waals surface area contributed by atoms with Crippen LogP contribution in [-0.4, -0.2) is 57.7 Å². The summed E-state index contributed by atoms with van der Waals surface area (Å²) >= 11 is 6.37.